The number of nitrogens with zero attached hydrogens (tertiary/aromatic N) is 1. The van der Waals surface area contributed by atoms with Gasteiger partial charge in [0, 0.05) is 13.1 Å². The summed E-state index contributed by atoms with van der Waals surface area (Å²) < 4.78 is 19.2. The van der Waals surface area contributed by atoms with Crippen molar-refractivity contribution in [2.24, 2.45) is 0 Å². The molecular weight excluding hydrogens is 371 g/mol. The molecule has 2 rings (SSSR count). The predicted octanol–water partition coefficient (Wildman–Crippen LogP) is 3.71. The Balaban J connectivity index is 2.19. The zero-order chi connectivity index (χ0) is 21.2. The van der Waals surface area contributed by atoms with Gasteiger partial charge in [-0.15, -0.1) is 0 Å². The summed E-state index contributed by atoms with van der Waals surface area (Å²) in [5, 5.41) is 2.87. The fourth-order valence-electron chi connectivity index (χ4n) is 2.95. The van der Waals surface area contributed by atoms with E-state index < -0.39 is 11.9 Å². The van der Waals surface area contributed by atoms with E-state index in [1.54, 1.807) is 44.4 Å². The fraction of sp³-hybridized carbons (Fsp3) is 0.391. The first-order valence-electron chi connectivity index (χ1n) is 9.89. The highest BCUT2D eigenvalue weighted by Crippen LogP contribution is 2.17. The van der Waals surface area contributed by atoms with E-state index in [1.165, 1.54) is 11.0 Å². The van der Waals surface area contributed by atoms with E-state index in [9.17, 15) is 14.0 Å². The van der Waals surface area contributed by atoms with Gasteiger partial charge < -0.3 is 15.0 Å². The van der Waals surface area contributed by atoms with E-state index in [0.29, 0.717) is 17.9 Å². The lowest BCUT2D eigenvalue weighted by atomic mass is 10.1. The number of methoxy groups -OCH3 is 1. The molecule has 1 N–H and O–H groups in total. The summed E-state index contributed by atoms with van der Waals surface area (Å²) in [6.45, 7) is 4.56. The van der Waals surface area contributed by atoms with Crippen LogP contribution in [-0.4, -0.2) is 36.4 Å². The molecule has 0 spiro atoms. The van der Waals surface area contributed by atoms with Crippen LogP contribution in [0.25, 0.3) is 0 Å². The lowest BCUT2D eigenvalue weighted by molar-refractivity contribution is -0.140. The fourth-order valence-corrected chi connectivity index (χ4v) is 2.95. The number of hydrogen-bond donors (Lipinski definition) is 1. The number of halogens is 1. The summed E-state index contributed by atoms with van der Waals surface area (Å²) in [7, 11) is 1.59. The van der Waals surface area contributed by atoms with Gasteiger partial charge in [0.25, 0.3) is 0 Å². The monoisotopic (exact) mass is 400 g/mol. The lowest BCUT2D eigenvalue weighted by Gasteiger charge is -2.29. The topological polar surface area (TPSA) is 58.6 Å². The number of carbonyl (C=O) groups excluding carboxylic acids is 2. The van der Waals surface area contributed by atoms with Crippen LogP contribution < -0.4 is 10.1 Å². The molecule has 6 heteroatoms. The lowest BCUT2D eigenvalue weighted by Crippen LogP contribution is -2.48. The molecule has 0 aliphatic heterocycles. The van der Waals surface area contributed by atoms with Crippen LogP contribution in [0.2, 0.25) is 0 Å². The van der Waals surface area contributed by atoms with Crippen LogP contribution >= 0.6 is 0 Å². The average molecular weight is 400 g/mol. The van der Waals surface area contributed by atoms with Crippen LogP contribution in [0.3, 0.4) is 0 Å². The predicted molar refractivity (Wildman–Crippen MR) is 111 cm³/mol. The number of ether oxygens (including phenoxy) is 1. The van der Waals surface area contributed by atoms with E-state index in [-0.39, 0.29) is 24.8 Å². The summed E-state index contributed by atoms with van der Waals surface area (Å²) >= 11 is 0. The Bertz CT molecular complexity index is 808. The number of nitrogens with one attached hydrogen (secondary N) is 1. The van der Waals surface area contributed by atoms with Gasteiger partial charge in [0.05, 0.1) is 13.5 Å². The molecule has 156 valence electrons. The first-order valence-corrected chi connectivity index (χ1v) is 9.89. The third-order valence-electron chi connectivity index (χ3n) is 4.81. The molecule has 0 bridgehead atoms. The van der Waals surface area contributed by atoms with Gasteiger partial charge in [0.15, 0.2) is 0 Å². The quantitative estimate of drug-likeness (QED) is 0.619. The molecule has 0 unspecified atom stereocenters. The van der Waals surface area contributed by atoms with E-state index in [1.807, 2.05) is 19.1 Å². The number of rotatable bonds is 10. The molecule has 0 saturated heterocycles. The van der Waals surface area contributed by atoms with Gasteiger partial charge in [0.1, 0.15) is 17.6 Å². The third-order valence-corrected chi connectivity index (χ3v) is 4.81. The molecule has 2 aromatic rings. The molecular formula is C23H29FN2O3. The second-order valence-corrected chi connectivity index (χ2v) is 6.96. The minimum absolute atomic E-state index is 0.102. The van der Waals surface area contributed by atoms with Crippen molar-refractivity contribution in [1.29, 1.82) is 0 Å². The molecule has 0 aliphatic carbocycles. The van der Waals surface area contributed by atoms with Gasteiger partial charge >= 0.3 is 0 Å². The van der Waals surface area contributed by atoms with Gasteiger partial charge in [-0.2, -0.15) is 0 Å². The maximum absolute atomic E-state index is 14.0. The van der Waals surface area contributed by atoms with Crippen molar-refractivity contribution in [2.75, 3.05) is 13.7 Å². The van der Waals surface area contributed by atoms with Crippen molar-refractivity contribution in [2.45, 2.75) is 45.7 Å². The number of unbranched alkanes of at least 4 members (excludes halogenated alkanes) is 1. The maximum Gasteiger partial charge on any atom is 0.242 e. The van der Waals surface area contributed by atoms with E-state index >= 15 is 0 Å². The molecule has 0 aromatic heterocycles. The van der Waals surface area contributed by atoms with Crippen molar-refractivity contribution < 1.29 is 18.7 Å². The SMILES string of the molecule is CCCCNC(=O)[C@@H](C)N(Cc1ccc(OC)cc1)C(=O)Cc1ccccc1F. The highest BCUT2D eigenvalue weighted by atomic mass is 19.1. The zero-order valence-corrected chi connectivity index (χ0v) is 17.3. The Labute approximate surface area is 171 Å². The summed E-state index contributed by atoms with van der Waals surface area (Å²) in [4.78, 5) is 27.1. The summed E-state index contributed by atoms with van der Waals surface area (Å²) in [6.07, 6.45) is 1.74. The maximum atomic E-state index is 14.0. The number of carbonyl (C=O) groups is 2. The number of amides is 2. The normalized spacial score (nSPS) is 11.6. The first kappa shape index (κ1) is 22.4. The molecule has 29 heavy (non-hydrogen) atoms. The Morgan fingerprint density at radius 1 is 1.14 bits per heavy atom. The second kappa shape index (κ2) is 11.2. The summed E-state index contributed by atoms with van der Waals surface area (Å²) in [6, 6.07) is 12.8. The molecule has 2 aromatic carbocycles. The van der Waals surface area contributed by atoms with Crippen molar-refractivity contribution in [1.82, 2.24) is 10.2 Å². The molecule has 2 amide bonds. The molecule has 0 radical (unpaired) electrons. The highest BCUT2D eigenvalue weighted by Gasteiger charge is 2.26. The minimum atomic E-state index is -0.673. The van der Waals surface area contributed by atoms with Crippen LogP contribution in [0.1, 0.15) is 37.8 Å². The number of hydrogen-bond acceptors (Lipinski definition) is 3. The summed E-state index contributed by atoms with van der Waals surface area (Å²) in [5.41, 5.74) is 1.18. The van der Waals surface area contributed by atoms with Crippen molar-refractivity contribution >= 4 is 11.8 Å². The van der Waals surface area contributed by atoms with Gasteiger partial charge in [-0.05, 0) is 42.7 Å². The average Bonchev–Trinajstić information content (AvgIpc) is 2.73. The van der Waals surface area contributed by atoms with Crippen molar-refractivity contribution in [3.8, 4) is 5.75 Å². The smallest absolute Gasteiger partial charge is 0.242 e. The molecule has 0 aliphatic rings. The minimum Gasteiger partial charge on any atom is -0.497 e. The van der Waals surface area contributed by atoms with Gasteiger partial charge in [-0.3, -0.25) is 9.59 Å². The Morgan fingerprint density at radius 3 is 2.45 bits per heavy atom. The third kappa shape index (κ3) is 6.59. The van der Waals surface area contributed by atoms with Crippen LogP contribution in [0.5, 0.6) is 5.75 Å². The Hall–Kier alpha value is -2.89. The van der Waals surface area contributed by atoms with Crippen LogP contribution in [0.15, 0.2) is 48.5 Å². The molecule has 0 heterocycles. The standard InChI is InChI=1S/C23H29FN2O3/c1-4-5-14-25-23(28)17(2)26(16-18-10-12-20(29-3)13-11-18)22(27)15-19-8-6-7-9-21(19)24/h6-13,17H,4-5,14-16H2,1-3H3,(H,25,28)/t17-/m1/s1. The first-order chi connectivity index (χ1) is 14.0. The largest absolute Gasteiger partial charge is 0.497 e. The Kier molecular flexibility index (Phi) is 8.65. The number of benzene rings is 2. The van der Waals surface area contributed by atoms with Crippen LogP contribution in [0.4, 0.5) is 4.39 Å². The highest BCUT2D eigenvalue weighted by molar-refractivity contribution is 5.88. The van der Waals surface area contributed by atoms with Gasteiger partial charge in [-0.25, -0.2) is 4.39 Å². The van der Waals surface area contributed by atoms with E-state index in [2.05, 4.69) is 5.32 Å². The Morgan fingerprint density at radius 2 is 1.83 bits per heavy atom. The molecule has 0 saturated carbocycles. The van der Waals surface area contributed by atoms with Crippen LogP contribution in [-0.2, 0) is 22.6 Å². The van der Waals surface area contributed by atoms with E-state index in [0.717, 1.165) is 18.4 Å². The molecule has 5 nitrogen and oxygen atoms in total. The van der Waals surface area contributed by atoms with Gasteiger partial charge in [0.2, 0.25) is 11.8 Å². The summed E-state index contributed by atoms with van der Waals surface area (Å²) in [5.74, 6) is -0.230. The van der Waals surface area contributed by atoms with Crippen molar-refractivity contribution in [3.05, 3.63) is 65.5 Å². The zero-order valence-electron chi connectivity index (χ0n) is 17.3. The molecule has 0 fully saturated rings. The second-order valence-electron chi connectivity index (χ2n) is 6.96. The van der Waals surface area contributed by atoms with Crippen LogP contribution in [0, 0.1) is 5.82 Å². The molecule has 1 atom stereocenters. The van der Waals surface area contributed by atoms with Gasteiger partial charge in [-0.1, -0.05) is 43.7 Å². The van der Waals surface area contributed by atoms with Crippen molar-refractivity contribution in [3.63, 3.8) is 0 Å². The van der Waals surface area contributed by atoms with E-state index in [4.69, 9.17) is 4.74 Å².